The van der Waals surface area contributed by atoms with Gasteiger partial charge in [0.2, 0.25) is 0 Å². The Labute approximate surface area is 213 Å². The molecule has 210 valence electrons. The molecule has 0 aliphatic rings. The van der Waals surface area contributed by atoms with Gasteiger partial charge in [0, 0.05) is 6.61 Å². The summed E-state index contributed by atoms with van der Waals surface area (Å²) in [5.74, 6) is -0.275. The Bertz CT molecular complexity index is 410. The molecule has 0 fully saturated rings. The molecule has 0 aliphatic carbocycles. The van der Waals surface area contributed by atoms with Gasteiger partial charge in [0.1, 0.15) is 0 Å². The first-order valence-electron chi connectivity index (χ1n) is 13.4. The molecule has 0 aliphatic heterocycles. The maximum atomic E-state index is 10.9. The lowest BCUT2D eigenvalue weighted by Crippen LogP contribution is -2.14. The summed E-state index contributed by atoms with van der Waals surface area (Å²) in [5.41, 5.74) is 0. The number of methoxy groups -OCH3 is 1. The highest BCUT2D eigenvalue weighted by Crippen LogP contribution is 2.08. The van der Waals surface area contributed by atoms with Crippen LogP contribution in [-0.2, 0) is 42.7 Å². The normalized spacial score (nSPS) is 11.3. The maximum absolute atomic E-state index is 10.9. The average molecular weight is 509 g/mol. The molecule has 0 rings (SSSR count). The minimum Gasteiger partial charge on any atom is -0.469 e. The Hall–Kier alpha value is -0.810. The first-order valence-corrected chi connectivity index (χ1v) is 13.4. The van der Waals surface area contributed by atoms with Gasteiger partial charge < -0.3 is 37.9 Å². The molecule has 35 heavy (non-hydrogen) atoms. The standard InChI is InChI=1S/C26H52O9/c1-3-4-5-6-7-8-9-10-12-29-14-16-31-18-20-33-22-24-35-25-23-34-21-19-32-17-15-30-13-11-26(27)28-2/h3-25H2,1-2H3. The number of ether oxygens (including phenoxy) is 8. The van der Waals surface area contributed by atoms with Crippen LogP contribution in [0.4, 0.5) is 0 Å². The lowest BCUT2D eigenvalue weighted by Gasteiger charge is -2.08. The fourth-order valence-corrected chi connectivity index (χ4v) is 3.02. The van der Waals surface area contributed by atoms with Crippen LogP contribution in [0.2, 0.25) is 0 Å². The number of carbonyl (C=O) groups is 1. The SMILES string of the molecule is CCCCCCCCCCOCCOCCOCCOCCOCCOCCOCCC(=O)OC. The third-order valence-electron chi connectivity index (χ3n) is 5.05. The van der Waals surface area contributed by atoms with Crippen LogP contribution in [-0.4, -0.2) is 106 Å². The minimum atomic E-state index is -0.275. The number of hydrogen-bond acceptors (Lipinski definition) is 9. The molecule has 0 N–H and O–H groups in total. The summed E-state index contributed by atoms with van der Waals surface area (Å²) in [5, 5.41) is 0. The highest BCUT2D eigenvalue weighted by atomic mass is 16.6. The van der Waals surface area contributed by atoms with Gasteiger partial charge >= 0.3 is 5.97 Å². The maximum Gasteiger partial charge on any atom is 0.307 e. The van der Waals surface area contributed by atoms with E-state index < -0.39 is 0 Å². The van der Waals surface area contributed by atoms with Crippen molar-refractivity contribution < 1.29 is 42.7 Å². The van der Waals surface area contributed by atoms with E-state index in [9.17, 15) is 4.79 Å². The van der Waals surface area contributed by atoms with E-state index in [1.165, 1.54) is 52.1 Å². The van der Waals surface area contributed by atoms with E-state index >= 15 is 0 Å². The molecule has 0 amide bonds. The van der Waals surface area contributed by atoms with Gasteiger partial charge in [0.15, 0.2) is 0 Å². The highest BCUT2D eigenvalue weighted by Gasteiger charge is 1.99. The van der Waals surface area contributed by atoms with Crippen molar-refractivity contribution in [2.45, 2.75) is 64.7 Å². The monoisotopic (exact) mass is 508 g/mol. The van der Waals surface area contributed by atoms with E-state index in [4.69, 9.17) is 33.2 Å². The van der Waals surface area contributed by atoms with E-state index in [0.717, 1.165) is 13.0 Å². The predicted molar refractivity (Wildman–Crippen MR) is 135 cm³/mol. The van der Waals surface area contributed by atoms with Crippen LogP contribution in [0.15, 0.2) is 0 Å². The van der Waals surface area contributed by atoms with Crippen molar-refractivity contribution in [1.29, 1.82) is 0 Å². The third-order valence-corrected chi connectivity index (χ3v) is 5.05. The molecule has 0 atom stereocenters. The fraction of sp³-hybridized carbons (Fsp3) is 0.962. The van der Waals surface area contributed by atoms with E-state index in [1.807, 2.05) is 0 Å². The zero-order chi connectivity index (χ0) is 25.5. The quantitative estimate of drug-likeness (QED) is 0.106. The first kappa shape index (κ1) is 34.2. The van der Waals surface area contributed by atoms with Crippen LogP contribution in [0.25, 0.3) is 0 Å². The van der Waals surface area contributed by atoms with E-state index in [1.54, 1.807) is 0 Å². The molecular weight excluding hydrogens is 456 g/mol. The molecular formula is C26H52O9. The van der Waals surface area contributed by atoms with Crippen LogP contribution >= 0.6 is 0 Å². The molecule has 0 saturated heterocycles. The number of carbonyl (C=O) groups excluding carboxylic acids is 1. The van der Waals surface area contributed by atoms with Crippen molar-refractivity contribution in [3.05, 3.63) is 0 Å². The molecule has 9 nitrogen and oxygen atoms in total. The number of esters is 1. The topological polar surface area (TPSA) is 90.9 Å². The van der Waals surface area contributed by atoms with Crippen LogP contribution in [0, 0.1) is 0 Å². The van der Waals surface area contributed by atoms with Crippen molar-refractivity contribution in [3.8, 4) is 0 Å². The second kappa shape index (κ2) is 31.2. The number of rotatable bonds is 30. The number of unbranched alkanes of at least 4 members (excludes halogenated alkanes) is 7. The zero-order valence-corrected chi connectivity index (χ0v) is 22.4. The van der Waals surface area contributed by atoms with Gasteiger partial charge in [-0.3, -0.25) is 4.79 Å². The van der Waals surface area contributed by atoms with Crippen LogP contribution in [0.1, 0.15) is 64.7 Å². The van der Waals surface area contributed by atoms with Crippen molar-refractivity contribution in [1.82, 2.24) is 0 Å². The summed E-state index contributed by atoms with van der Waals surface area (Å²) < 4.78 is 42.6. The first-order chi connectivity index (χ1) is 17.3. The van der Waals surface area contributed by atoms with Gasteiger partial charge in [-0.15, -0.1) is 0 Å². The van der Waals surface area contributed by atoms with Gasteiger partial charge in [-0.25, -0.2) is 0 Å². The second-order valence-electron chi connectivity index (χ2n) is 8.09. The molecule has 0 aromatic carbocycles. The van der Waals surface area contributed by atoms with Gasteiger partial charge in [-0.1, -0.05) is 51.9 Å². The third kappa shape index (κ3) is 31.2. The van der Waals surface area contributed by atoms with Crippen molar-refractivity contribution in [3.63, 3.8) is 0 Å². The minimum absolute atomic E-state index is 0.257. The summed E-state index contributed by atoms with van der Waals surface area (Å²) in [6.07, 6.45) is 10.8. The molecule has 9 heteroatoms. The molecule has 0 bridgehead atoms. The summed E-state index contributed by atoms with van der Waals surface area (Å²) >= 11 is 0. The molecule has 0 aromatic heterocycles. The lowest BCUT2D eigenvalue weighted by molar-refractivity contribution is -0.141. The van der Waals surface area contributed by atoms with E-state index in [-0.39, 0.29) is 12.4 Å². The second-order valence-corrected chi connectivity index (χ2v) is 8.09. The highest BCUT2D eigenvalue weighted by molar-refractivity contribution is 5.69. The smallest absolute Gasteiger partial charge is 0.307 e. The lowest BCUT2D eigenvalue weighted by atomic mass is 10.1. The van der Waals surface area contributed by atoms with Crippen molar-refractivity contribution in [2.75, 3.05) is 99.6 Å². The molecule has 0 spiro atoms. The molecule has 0 heterocycles. The number of hydrogen-bond donors (Lipinski definition) is 0. The van der Waals surface area contributed by atoms with E-state index in [0.29, 0.717) is 85.9 Å². The summed E-state index contributed by atoms with van der Waals surface area (Å²) in [4.78, 5) is 10.9. The fourth-order valence-electron chi connectivity index (χ4n) is 3.02. The molecule has 0 saturated carbocycles. The van der Waals surface area contributed by atoms with Gasteiger partial charge in [-0.2, -0.15) is 0 Å². The summed E-state index contributed by atoms with van der Waals surface area (Å²) in [7, 11) is 1.36. The predicted octanol–water partition coefficient (Wildman–Crippen LogP) is 3.81. The van der Waals surface area contributed by atoms with Crippen LogP contribution in [0.3, 0.4) is 0 Å². The Morgan fingerprint density at radius 3 is 1.11 bits per heavy atom. The van der Waals surface area contributed by atoms with Crippen molar-refractivity contribution in [2.24, 2.45) is 0 Å². The van der Waals surface area contributed by atoms with Gasteiger partial charge in [0.05, 0.1) is 99.4 Å². The Morgan fingerprint density at radius 2 is 0.743 bits per heavy atom. The summed E-state index contributed by atoms with van der Waals surface area (Å²) in [6.45, 7) is 9.83. The molecule has 0 radical (unpaired) electrons. The van der Waals surface area contributed by atoms with Gasteiger partial charge in [-0.05, 0) is 6.42 Å². The van der Waals surface area contributed by atoms with Gasteiger partial charge in [0.25, 0.3) is 0 Å². The van der Waals surface area contributed by atoms with Crippen LogP contribution in [0.5, 0.6) is 0 Å². The van der Waals surface area contributed by atoms with Crippen LogP contribution < -0.4 is 0 Å². The molecule has 0 aromatic rings. The zero-order valence-electron chi connectivity index (χ0n) is 22.4. The Morgan fingerprint density at radius 1 is 0.429 bits per heavy atom. The van der Waals surface area contributed by atoms with E-state index in [2.05, 4.69) is 11.7 Å². The Balaban J connectivity index is 3.02. The Kier molecular flexibility index (Phi) is 30.5. The van der Waals surface area contributed by atoms with Crippen molar-refractivity contribution >= 4 is 5.97 Å². The average Bonchev–Trinajstić information content (AvgIpc) is 2.87. The largest absolute Gasteiger partial charge is 0.469 e. The summed E-state index contributed by atoms with van der Waals surface area (Å²) in [6, 6.07) is 0. The molecule has 0 unspecified atom stereocenters.